The SMILES string of the molecule is CC(C)C(C)NC(=O)c1ccc(Cl)c(NS(=O)(=O)c2ccc(F)cc2)c1. The second kappa shape index (κ2) is 8.05. The van der Waals surface area contributed by atoms with Gasteiger partial charge < -0.3 is 5.32 Å². The number of benzene rings is 2. The molecule has 0 heterocycles. The minimum atomic E-state index is -3.96. The molecule has 0 spiro atoms. The van der Waals surface area contributed by atoms with Gasteiger partial charge in [0.15, 0.2) is 0 Å². The van der Waals surface area contributed by atoms with Crippen molar-refractivity contribution in [3.05, 3.63) is 58.9 Å². The Morgan fingerprint density at radius 3 is 2.27 bits per heavy atom. The third kappa shape index (κ3) is 4.95. The number of carbonyl (C=O) groups excluding carboxylic acids is 1. The van der Waals surface area contributed by atoms with Crippen molar-refractivity contribution in [2.45, 2.75) is 31.7 Å². The summed E-state index contributed by atoms with van der Waals surface area (Å²) in [5.74, 6) is -0.618. The summed E-state index contributed by atoms with van der Waals surface area (Å²) >= 11 is 6.06. The minimum Gasteiger partial charge on any atom is -0.349 e. The van der Waals surface area contributed by atoms with Crippen LogP contribution in [0, 0.1) is 11.7 Å². The molecule has 0 bridgehead atoms. The lowest BCUT2D eigenvalue weighted by atomic mass is 10.1. The second-order valence-corrected chi connectivity index (χ2v) is 8.35. The van der Waals surface area contributed by atoms with Crippen LogP contribution in [-0.4, -0.2) is 20.4 Å². The van der Waals surface area contributed by atoms with Gasteiger partial charge in [0.05, 0.1) is 15.6 Å². The Kier molecular flexibility index (Phi) is 6.26. The monoisotopic (exact) mass is 398 g/mol. The van der Waals surface area contributed by atoms with E-state index in [-0.39, 0.29) is 39.0 Å². The standard InChI is InChI=1S/C18H20ClFN2O3S/c1-11(2)12(3)21-18(23)13-4-9-16(19)17(10-13)22-26(24,25)15-7-5-14(20)6-8-15/h4-12,22H,1-3H3,(H,21,23). The molecule has 0 saturated heterocycles. The van der Waals surface area contributed by atoms with E-state index in [4.69, 9.17) is 11.6 Å². The minimum absolute atomic E-state index is 0.0439. The molecule has 0 fully saturated rings. The van der Waals surface area contributed by atoms with E-state index < -0.39 is 15.8 Å². The van der Waals surface area contributed by atoms with Gasteiger partial charge in [0.2, 0.25) is 0 Å². The maximum absolute atomic E-state index is 13.0. The summed E-state index contributed by atoms with van der Waals surface area (Å²) in [6.07, 6.45) is 0. The Balaban J connectivity index is 2.27. The number of sulfonamides is 1. The molecule has 0 aromatic heterocycles. The predicted octanol–water partition coefficient (Wildman–Crippen LogP) is 4.05. The van der Waals surface area contributed by atoms with Crippen molar-refractivity contribution < 1.29 is 17.6 Å². The zero-order chi connectivity index (χ0) is 19.5. The van der Waals surface area contributed by atoms with Gasteiger partial charge in [-0.2, -0.15) is 0 Å². The second-order valence-electron chi connectivity index (χ2n) is 6.26. The number of hydrogen-bond donors (Lipinski definition) is 2. The molecule has 2 aromatic carbocycles. The highest BCUT2D eigenvalue weighted by molar-refractivity contribution is 7.92. The van der Waals surface area contributed by atoms with E-state index in [2.05, 4.69) is 10.0 Å². The topological polar surface area (TPSA) is 75.3 Å². The molecule has 140 valence electrons. The maximum Gasteiger partial charge on any atom is 0.261 e. The van der Waals surface area contributed by atoms with Gasteiger partial charge in [-0.3, -0.25) is 9.52 Å². The first kappa shape index (κ1) is 20.2. The summed E-state index contributed by atoms with van der Waals surface area (Å²) < 4.78 is 40.2. The average molecular weight is 399 g/mol. The number of hydrogen-bond acceptors (Lipinski definition) is 3. The maximum atomic E-state index is 13.0. The first-order chi connectivity index (χ1) is 12.1. The smallest absolute Gasteiger partial charge is 0.261 e. The fourth-order valence-electron chi connectivity index (χ4n) is 2.02. The molecule has 26 heavy (non-hydrogen) atoms. The van der Waals surface area contributed by atoms with Crippen LogP contribution in [0.3, 0.4) is 0 Å². The molecule has 1 amide bonds. The number of amides is 1. The van der Waals surface area contributed by atoms with Crippen LogP contribution in [0.5, 0.6) is 0 Å². The summed E-state index contributed by atoms with van der Waals surface area (Å²) in [6, 6.07) is 8.67. The quantitative estimate of drug-likeness (QED) is 0.770. The molecule has 2 rings (SSSR count). The molecule has 1 atom stereocenters. The van der Waals surface area contributed by atoms with Crippen LogP contribution in [0.1, 0.15) is 31.1 Å². The average Bonchev–Trinajstić information content (AvgIpc) is 2.56. The Bertz CT molecular complexity index is 899. The van der Waals surface area contributed by atoms with Crippen molar-refractivity contribution >= 4 is 33.2 Å². The fourth-order valence-corrected chi connectivity index (χ4v) is 3.31. The molecule has 5 nitrogen and oxygen atoms in total. The van der Waals surface area contributed by atoms with Gasteiger partial charge in [-0.15, -0.1) is 0 Å². The predicted molar refractivity (Wildman–Crippen MR) is 100 cm³/mol. The van der Waals surface area contributed by atoms with E-state index in [9.17, 15) is 17.6 Å². The van der Waals surface area contributed by atoms with E-state index in [1.165, 1.54) is 18.2 Å². The molecule has 2 aromatic rings. The highest BCUT2D eigenvalue weighted by Gasteiger charge is 2.18. The van der Waals surface area contributed by atoms with Crippen LogP contribution in [0.15, 0.2) is 47.4 Å². The van der Waals surface area contributed by atoms with Gasteiger partial charge in [-0.1, -0.05) is 25.4 Å². The highest BCUT2D eigenvalue weighted by atomic mass is 35.5. The van der Waals surface area contributed by atoms with E-state index in [1.807, 2.05) is 20.8 Å². The number of rotatable bonds is 6. The van der Waals surface area contributed by atoms with Gasteiger partial charge >= 0.3 is 0 Å². The Hall–Kier alpha value is -2.12. The fraction of sp³-hybridized carbons (Fsp3) is 0.278. The number of nitrogens with one attached hydrogen (secondary N) is 2. The largest absolute Gasteiger partial charge is 0.349 e. The molecule has 0 radical (unpaired) electrons. The van der Waals surface area contributed by atoms with Gasteiger partial charge in [0.1, 0.15) is 5.82 Å². The van der Waals surface area contributed by atoms with Crippen molar-refractivity contribution in [2.75, 3.05) is 4.72 Å². The Morgan fingerprint density at radius 2 is 1.69 bits per heavy atom. The van der Waals surface area contributed by atoms with Crippen molar-refractivity contribution in [3.63, 3.8) is 0 Å². The van der Waals surface area contributed by atoms with Crippen LogP contribution < -0.4 is 10.0 Å². The zero-order valence-corrected chi connectivity index (χ0v) is 16.2. The first-order valence-electron chi connectivity index (χ1n) is 7.99. The van der Waals surface area contributed by atoms with Crippen LogP contribution in [0.2, 0.25) is 5.02 Å². The summed E-state index contributed by atoms with van der Waals surface area (Å²) in [5, 5.41) is 2.98. The molecule has 8 heteroatoms. The summed E-state index contributed by atoms with van der Waals surface area (Å²) in [6.45, 7) is 5.85. The van der Waals surface area contributed by atoms with Gasteiger partial charge in [-0.25, -0.2) is 12.8 Å². The Labute approximate surface area is 157 Å². The van der Waals surface area contributed by atoms with Crippen LogP contribution in [0.25, 0.3) is 0 Å². The van der Waals surface area contributed by atoms with Crippen LogP contribution in [0.4, 0.5) is 10.1 Å². The van der Waals surface area contributed by atoms with E-state index in [0.717, 1.165) is 24.3 Å². The third-order valence-electron chi connectivity index (χ3n) is 3.96. The molecule has 1 unspecified atom stereocenters. The van der Waals surface area contributed by atoms with Crippen molar-refractivity contribution in [2.24, 2.45) is 5.92 Å². The van der Waals surface area contributed by atoms with Gasteiger partial charge in [0.25, 0.3) is 15.9 Å². The van der Waals surface area contributed by atoms with Crippen LogP contribution >= 0.6 is 11.6 Å². The molecule has 0 aliphatic rings. The van der Waals surface area contributed by atoms with Crippen molar-refractivity contribution in [1.82, 2.24) is 5.32 Å². The lowest BCUT2D eigenvalue weighted by Crippen LogP contribution is -2.36. The van der Waals surface area contributed by atoms with Gasteiger partial charge in [0, 0.05) is 11.6 Å². The molecular weight excluding hydrogens is 379 g/mol. The lowest BCUT2D eigenvalue weighted by Gasteiger charge is -2.18. The lowest BCUT2D eigenvalue weighted by molar-refractivity contribution is 0.0930. The van der Waals surface area contributed by atoms with Crippen LogP contribution in [-0.2, 0) is 10.0 Å². The molecule has 0 aliphatic heterocycles. The summed E-state index contributed by atoms with van der Waals surface area (Å²) in [7, 11) is -3.96. The molecule has 0 saturated carbocycles. The molecular formula is C18H20ClFN2O3S. The van der Waals surface area contributed by atoms with Crippen molar-refractivity contribution in [3.8, 4) is 0 Å². The summed E-state index contributed by atoms with van der Waals surface area (Å²) in [4.78, 5) is 12.2. The normalized spacial score (nSPS) is 12.7. The number of carbonyl (C=O) groups is 1. The summed E-state index contributed by atoms with van der Waals surface area (Å²) in [5.41, 5.74) is 0.347. The highest BCUT2D eigenvalue weighted by Crippen LogP contribution is 2.26. The zero-order valence-electron chi connectivity index (χ0n) is 14.6. The van der Waals surface area contributed by atoms with Crippen molar-refractivity contribution in [1.29, 1.82) is 0 Å². The molecule has 2 N–H and O–H groups in total. The number of anilines is 1. The van der Waals surface area contributed by atoms with E-state index >= 15 is 0 Å². The van der Waals surface area contributed by atoms with E-state index in [1.54, 1.807) is 0 Å². The Morgan fingerprint density at radius 1 is 1.08 bits per heavy atom. The van der Waals surface area contributed by atoms with Gasteiger partial charge in [-0.05, 0) is 55.3 Å². The number of halogens is 2. The van der Waals surface area contributed by atoms with E-state index in [0.29, 0.717) is 0 Å². The molecule has 0 aliphatic carbocycles. The third-order valence-corrected chi connectivity index (χ3v) is 5.67. The first-order valence-corrected chi connectivity index (χ1v) is 9.85.